The van der Waals surface area contributed by atoms with Crippen LogP contribution in [0.3, 0.4) is 0 Å². The lowest BCUT2D eigenvalue weighted by atomic mass is 9.97. The number of H-pyrrole nitrogens is 1. The summed E-state index contributed by atoms with van der Waals surface area (Å²) in [4.78, 5) is 25.4. The Labute approximate surface area is 81.3 Å². The van der Waals surface area contributed by atoms with Gasteiger partial charge in [0.25, 0.3) is 0 Å². The van der Waals surface area contributed by atoms with Gasteiger partial charge in [0.05, 0.1) is 12.8 Å². The molecule has 0 aliphatic heterocycles. The van der Waals surface area contributed by atoms with Crippen molar-refractivity contribution >= 4 is 11.8 Å². The van der Waals surface area contributed by atoms with Crippen molar-refractivity contribution in [3.63, 3.8) is 0 Å². The number of ketones is 1. The van der Waals surface area contributed by atoms with E-state index in [1.54, 1.807) is 6.07 Å². The second kappa shape index (κ2) is 3.29. The first-order valence-corrected chi connectivity index (χ1v) is 4.56. The van der Waals surface area contributed by atoms with Crippen LogP contribution in [-0.2, 0) is 11.2 Å². The van der Waals surface area contributed by atoms with E-state index in [0.29, 0.717) is 17.8 Å². The average molecular weight is 193 g/mol. The Morgan fingerprint density at radius 3 is 2.93 bits per heavy atom. The summed E-state index contributed by atoms with van der Waals surface area (Å²) in [7, 11) is 1.32. The average Bonchev–Trinajstić information content (AvgIpc) is 2.62. The zero-order chi connectivity index (χ0) is 10.1. The van der Waals surface area contributed by atoms with Gasteiger partial charge in [-0.1, -0.05) is 0 Å². The fourth-order valence-electron chi connectivity index (χ4n) is 1.73. The molecular weight excluding hydrogens is 182 g/mol. The summed E-state index contributed by atoms with van der Waals surface area (Å²) < 4.78 is 4.57. The number of hydrogen-bond donors (Lipinski definition) is 1. The lowest BCUT2D eigenvalue weighted by Crippen LogP contribution is -2.09. The van der Waals surface area contributed by atoms with E-state index < -0.39 is 5.97 Å². The van der Waals surface area contributed by atoms with E-state index in [2.05, 4.69) is 9.72 Å². The number of hydrogen-bond acceptors (Lipinski definition) is 3. The smallest absolute Gasteiger partial charge is 0.354 e. The van der Waals surface area contributed by atoms with E-state index in [9.17, 15) is 9.59 Å². The number of Topliss-reactive ketones (excluding diaryl/α,β-unsaturated/α-hetero) is 1. The molecule has 1 N–H and O–H groups in total. The normalized spacial score (nSPS) is 15.1. The van der Waals surface area contributed by atoms with E-state index in [-0.39, 0.29) is 5.78 Å². The molecule has 1 aliphatic carbocycles. The molecule has 0 amide bonds. The van der Waals surface area contributed by atoms with Crippen molar-refractivity contribution in [3.05, 3.63) is 23.0 Å². The van der Waals surface area contributed by atoms with Gasteiger partial charge in [0.2, 0.25) is 0 Å². The zero-order valence-electron chi connectivity index (χ0n) is 7.92. The highest BCUT2D eigenvalue weighted by Gasteiger charge is 2.22. The summed E-state index contributed by atoms with van der Waals surface area (Å²) in [5.74, 6) is -0.339. The summed E-state index contributed by atoms with van der Waals surface area (Å²) in [6, 6.07) is 1.71. The Balaban J connectivity index is 2.40. The van der Waals surface area contributed by atoms with Crippen LogP contribution in [0.25, 0.3) is 0 Å². The Hall–Kier alpha value is -1.58. The first-order chi connectivity index (χ1) is 6.72. The highest BCUT2D eigenvalue weighted by atomic mass is 16.5. The number of carbonyl (C=O) groups excluding carboxylic acids is 2. The summed E-state index contributed by atoms with van der Waals surface area (Å²) in [6.45, 7) is 0. The molecule has 1 aliphatic rings. The molecule has 0 saturated heterocycles. The Bertz CT molecular complexity index is 392. The maximum absolute atomic E-state index is 11.4. The van der Waals surface area contributed by atoms with Crippen LogP contribution in [-0.4, -0.2) is 23.8 Å². The summed E-state index contributed by atoms with van der Waals surface area (Å²) in [5, 5.41) is 0. The first kappa shape index (κ1) is 8.99. The van der Waals surface area contributed by atoms with E-state index in [4.69, 9.17) is 0 Å². The first-order valence-electron chi connectivity index (χ1n) is 4.56. The van der Waals surface area contributed by atoms with Gasteiger partial charge < -0.3 is 9.72 Å². The number of ether oxygens (including phenoxy) is 1. The quantitative estimate of drug-likeness (QED) is 0.684. The predicted molar refractivity (Wildman–Crippen MR) is 49.4 cm³/mol. The van der Waals surface area contributed by atoms with Gasteiger partial charge >= 0.3 is 5.97 Å². The fourth-order valence-corrected chi connectivity index (χ4v) is 1.73. The van der Waals surface area contributed by atoms with Crippen molar-refractivity contribution < 1.29 is 14.3 Å². The van der Waals surface area contributed by atoms with Gasteiger partial charge in [-0.2, -0.15) is 0 Å². The van der Waals surface area contributed by atoms with Crippen molar-refractivity contribution in [3.8, 4) is 0 Å². The molecule has 2 rings (SSSR count). The van der Waals surface area contributed by atoms with Crippen molar-refractivity contribution in [2.75, 3.05) is 7.11 Å². The van der Waals surface area contributed by atoms with Gasteiger partial charge in [-0.15, -0.1) is 0 Å². The topological polar surface area (TPSA) is 59.2 Å². The van der Waals surface area contributed by atoms with Gasteiger partial charge in [0, 0.05) is 6.42 Å². The number of aromatic nitrogens is 1. The van der Waals surface area contributed by atoms with Gasteiger partial charge in [0.15, 0.2) is 5.78 Å². The van der Waals surface area contributed by atoms with Crippen LogP contribution in [0.5, 0.6) is 0 Å². The molecule has 1 aromatic rings. The van der Waals surface area contributed by atoms with Crippen molar-refractivity contribution in [2.45, 2.75) is 19.3 Å². The third kappa shape index (κ3) is 1.32. The fraction of sp³-hybridized carbons (Fsp3) is 0.400. The molecule has 0 unspecified atom stereocenters. The molecule has 4 nitrogen and oxygen atoms in total. The Morgan fingerprint density at radius 1 is 1.50 bits per heavy atom. The minimum absolute atomic E-state index is 0.0846. The molecule has 0 radical (unpaired) electrons. The number of aromatic amines is 1. The minimum atomic E-state index is -0.424. The predicted octanol–water partition coefficient (Wildman–Crippen LogP) is 1.32. The maximum atomic E-state index is 11.4. The standard InChI is InChI=1S/C10H11NO3/c1-14-10(13)7-5-6-3-2-4-8(12)9(6)11-7/h5,11H,2-4H2,1H3. The second-order valence-electron chi connectivity index (χ2n) is 3.35. The number of methoxy groups -OCH3 is 1. The van der Waals surface area contributed by atoms with E-state index in [0.717, 1.165) is 18.4 Å². The number of rotatable bonds is 1. The highest BCUT2D eigenvalue weighted by Crippen LogP contribution is 2.21. The maximum Gasteiger partial charge on any atom is 0.354 e. The molecule has 1 heterocycles. The summed E-state index contributed by atoms with van der Waals surface area (Å²) in [5.41, 5.74) is 1.88. The molecule has 1 aromatic heterocycles. The Morgan fingerprint density at radius 2 is 2.29 bits per heavy atom. The third-order valence-electron chi connectivity index (χ3n) is 2.43. The molecule has 74 valence electrons. The van der Waals surface area contributed by atoms with Crippen molar-refractivity contribution in [1.82, 2.24) is 4.98 Å². The van der Waals surface area contributed by atoms with Crippen LogP contribution < -0.4 is 0 Å². The van der Waals surface area contributed by atoms with Crippen molar-refractivity contribution in [1.29, 1.82) is 0 Å². The van der Waals surface area contributed by atoms with E-state index in [1.807, 2.05) is 0 Å². The molecule has 14 heavy (non-hydrogen) atoms. The Kier molecular flexibility index (Phi) is 2.11. The minimum Gasteiger partial charge on any atom is -0.464 e. The molecular formula is C10H11NO3. The lowest BCUT2D eigenvalue weighted by molar-refractivity contribution is 0.0595. The van der Waals surface area contributed by atoms with Crippen LogP contribution >= 0.6 is 0 Å². The van der Waals surface area contributed by atoms with Gasteiger partial charge in [-0.05, 0) is 24.5 Å². The van der Waals surface area contributed by atoms with E-state index >= 15 is 0 Å². The summed E-state index contributed by atoms with van der Waals surface area (Å²) >= 11 is 0. The second-order valence-corrected chi connectivity index (χ2v) is 3.35. The molecule has 0 spiro atoms. The number of esters is 1. The SMILES string of the molecule is COC(=O)c1cc2c([nH]1)C(=O)CCC2. The molecule has 0 aromatic carbocycles. The van der Waals surface area contributed by atoms with E-state index in [1.165, 1.54) is 7.11 Å². The van der Waals surface area contributed by atoms with Gasteiger partial charge in [0.1, 0.15) is 5.69 Å². The van der Waals surface area contributed by atoms with Crippen LogP contribution in [0.2, 0.25) is 0 Å². The number of aryl methyl sites for hydroxylation is 1. The third-order valence-corrected chi connectivity index (χ3v) is 2.43. The van der Waals surface area contributed by atoms with Crippen LogP contribution in [0.1, 0.15) is 39.4 Å². The van der Waals surface area contributed by atoms with Gasteiger partial charge in [-0.3, -0.25) is 4.79 Å². The lowest BCUT2D eigenvalue weighted by Gasteiger charge is -2.07. The largest absolute Gasteiger partial charge is 0.464 e. The van der Waals surface area contributed by atoms with Crippen LogP contribution in [0.4, 0.5) is 0 Å². The van der Waals surface area contributed by atoms with Crippen molar-refractivity contribution in [2.24, 2.45) is 0 Å². The highest BCUT2D eigenvalue weighted by molar-refractivity contribution is 5.99. The molecule has 0 fully saturated rings. The molecule has 0 saturated carbocycles. The number of carbonyl (C=O) groups is 2. The number of nitrogens with one attached hydrogen (secondary N) is 1. The van der Waals surface area contributed by atoms with Gasteiger partial charge in [-0.25, -0.2) is 4.79 Å². The summed E-state index contributed by atoms with van der Waals surface area (Å²) in [6.07, 6.45) is 2.28. The zero-order valence-corrected chi connectivity index (χ0v) is 7.92. The molecule has 0 bridgehead atoms. The monoisotopic (exact) mass is 193 g/mol. The molecule has 0 atom stereocenters. The number of fused-ring (bicyclic) bond motifs is 1. The van der Waals surface area contributed by atoms with Crippen LogP contribution in [0.15, 0.2) is 6.07 Å². The van der Waals surface area contributed by atoms with Crippen LogP contribution in [0, 0.1) is 0 Å². The molecule has 4 heteroatoms.